The van der Waals surface area contributed by atoms with E-state index >= 15 is 0 Å². The molecule has 1 aromatic carbocycles. The van der Waals surface area contributed by atoms with E-state index in [-0.39, 0.29) is 5.82 Å². The summed E-state index contributed by atoms with van der Waals surface area (Å²) in [5, 5.41) is 8.49. The van der Waals surface area contributed by atoms with Crippen LogP contribution < -0.4 is 0 Å². The second kappa shape index (κ2) is 6.31. The zero-order valence-corrected chi connectivity index (χ0v) is 10.9. The Morgan fingerprint density at radius 1 is 1.50 bits per heavy atom. The number of hydrogen-bond donors (Lipinski definition) is 1. The number of hydrogen-bond acceptors (Lipinski definition) is 2. The Morgan fingerprint density at radius 2 is 2.17 bits per heavy atom. The largest absolute Gasteiger partial charge is 0.478 e. The number of carboxylic acids is 1. The van der Waals surface area contributed by atoms with Gasteiger partial charge in [0.1, 0.15) is 5.82 Å². The van der Waals surface area contributed by atoms with Crippen LogP contribution in [0.3, 0.4) is 0 Å². The van der Waals surface area contributed by atoms with Crippen LogP contribution in [0, 0.1) is 5.82 Å². The quantitative estimate of drug-likeness (QED) is 0.818. The number of aliphatic carboxylic acids is 1. The number of rotatable bonds is 5. The van der Waals surface area contributed by atoms with Gasteiger partial charge in [0.25, 0.3) is 0 Å². The van der Waals surface area contributed by atoms with Crippen molar-refractivity contribution < 1.29 is 14.3 Å². The molecule has 4 heteroatoms. The molecule has 1 N–H and O–H groups in total. The SMILES string of the molecule is CC(C)N(C)Cc1ccc(C=CC(=O)O)cc1F. The van der Waals surface area contributed by atoms with Crippen molar-refractivity contribution in [2.45, 2.75) is 26.4 Å². The van der Waals surface area contributed by atoms with Crippen molar-refractivity contribution in [1.82, 2.24) is 4.90 Å². The lowest BCUT2D eigenvalue weighted by atomic mass is 10.1. The van der Waals surface area contributed by atoms with Gasteiger partial charge in [-0.1, -0.05) is 12.1 Å². The lowest BCUT2D eigenvalue weighted by molar-refractivity contribution is -0.131. The Kier molecular flexibility index (Phi) is 5.04. The first-order valence-corrected chi connectivity index (χ1v) is 5.80. The van der Waals surface area contributed by atoms with Crippen LogP contribution in [0.1, 0.15) is 25.0 Å². The third-order valence-electron chi connectivity index (χ3n) is 2.80. The maximum absolute atomic E-state index is 13.8. The van der Waals surface area contributed by atoms with Crippen LogP contribution in [0.15, 0.2) is 24.3 Å². The maximum atomic E-state index is 13.8. The Labute approximate surface area is 107 Å². The van der Waals surface area contributed by atoms with E-state index in [1.54, 1.807) is 12.1 Å². The summed E-state index contributed by atoms with van der Waals surface area (Å²) in [6, 6.07) is 5.10. The number of halogens is 1. The van der Waals surface area contributed by atoms with E-state index < -0.39 is 5.97 Å². The molecule has 0 spiro atoms. The zero-order valence-electron chi connectivity index (χ0n) is 10.9. The molecule has 18 heavy (non-hydrogen) atoms. The van der Waals surface area contributed by atoms with Crippen molar-refractivity contribution >= 4 is 12.0 Å². The molecule has 1 aromatic rings. The van der Waals surface area contributed by atoms with E-state index in [4.69, 9.17) is 5.11 Å². The first kappa shape index (κ1) is 14.4. The molecule has 0 atom stereocenters. The molecule has 1 rings (SSSR count). The van der Waals surface area contributed by atoms with E-state index in [2.05, 4.69) is 0 Å². The first-order chi connectivity index (χ1) is 8.40. The third kappa shape index (κ3) is 4.30. The summed E-state index contributed by atoms with van der Waals surface area (Å²) in [6.07, 6.45) is 2.37. The normalized spacial score (nSPS) is 11.7. The van der Waals surface area contributed by atoms with E-state index in [0.29, 0.717) is 23.7 Å². The third-order valence-corrected chi connectivity index (χ3v) is 2.80. The summed E-state index contributed by atoms with van der Waals surface area (Å²) >= 11 is 0. The topological polar surface area (TPSA) is 40.5 Å². The molecule has 3 nitrogen and oxygen atoms in total. The van der Waals surface area contributed by atoms with Gasteiger partial charge in [-0.25, -0.2) is 9.18 Å². The molecule has 98 valence electrons. The summed E-state index contributed by atoms with van der Waals surface area (Å²) in [5.41, 5.74) is 1.16. The van der Waals surface area contributed by atoms with Gasteiger partial charge in [0, 0.05) is 24.2 Å². The van der Waals surface area contributed by atoms with Gasteiger partial charge in [-0.05, 0) is 38.6 Å². The second-order valence-electron chi connectivity index (χ2n) is 4.53. The zero-order chi connectivity index (χ0) is 13.7. The molecule has 0 saturated carbocycles. The molecule has 0 bridgehead atoms. The highest BCUT2D eigenvalue weighted by molar-refractivity contribution is 5.85. The summed E-state index contributed by atoms with van der Waals surface area (Å²) < 4.78 is 13.8. The van der Waals surface area contributed by atoms with E-state index in [0.717, 1.165) is 6.08 Å². The highest BCUT2D eigenvalue weighted by Crippen LogP contribution is 2.14. The maximum Gasteiger partial charge on any atom is 0.328 e. The van der Waals surface area contributed by atoms with Gasteiger partial charge >= 0.3 is 5.97 Å². The summed E-state index contributed by atoms with van der Waals surface area (Å²) in [5.74, 6) is -1.35. The van der Waals surface area contributed by atoms with Crippen LogP contribution in [-0.4, -0.2) is 29.1 Å². The highest BCUT2D eigenvalue weighted by Gasteiger charge is 2.08. The van der Waals surface area contributed by atoms with Crippen LogP contribution in [-0.2, 0) is 11.3 Å². The number of carboxylic acid groups (broad SMARTS) is 1. The summed E-state index contributed by atoms with van der Waals surface area (Å²) in [6.45, 7) is 4.62. The molecule has 0 aliphatic heterocycles. The smallest absolute Gasteiger partial charge is 0.328 e. The molecule has 0 radical (unpaired) electrons. The minimum Gasteiger partial charge on any atom is -0.478 e. The molecule has 0 aliphatic rings. The molecule has 0 unspecified atom stereocenters. The van der Waals surface area contributed by atoms with E-state index in [1.807, 2.05) is 25.8 Å². The number of nitrogens with zero attached hydrogens (tertiary/aromatic N) is 1. The molecule has 0 amide bonds. The molecule has 0 aromatic heterocycles. The van der Waals surface area contributed by atoms with Crippen molar-refractivity contribution in [1.29, 1.82) is 0 Å². The van der Waals surface area contributed by atoms with Crippen LogP contribution in [0.4, 0.5) is 4.39 Å². The van der Waals surface area contributed by atoms with Crippen molar-refractivity contribution in [3.8, 4) is 0 Å². The molecular weight excluding hydrogens is 233 g/mol. The first-order valence-electron chi connectivity index (χ1n) is 5.80. The Hall–Kier alpha value is -1.68. The van der Waals surface area contributed by atoms with E-state index in [1.165, 1.54) is 12.1 Å². The predicted octanol–water partition coefficient (Wildman–Crippen LogP) is 2.76. The summed E-state index contributed by atoms with van der Waals surface area (Å²) in [7, 11) is 1.93. The summed E-state index contributed by atoms with van der Waals surface area (Å²) in [4.78, 5) is 12.4. The average molecular weight is 251 g/mol. The van der Waals surface area contributed by atoms with E-state index in [9.17, 15) is 9.18 Å². The lowest BCUT2D eigenvalue weighted by Gasteiger charge is -2.21. The van der Waals surface area contributed by atoms with Crippen molar-refractivity contribution in [2.24, 2.45) is 0 Å². The highest BCUT2D eigenvalue weighted by atomic mass is 19.1. The fourth-order valence-electron chi connectivity index (χ4n) is 1.41. The van der Waals surface area contributed by atoms with Crippen LogP contribution in [0.2, 0.25) is 0 Å². The van der Waals surface area contributed by atoms with Crippen LogP contribution in [0.5, 0.6) is 0 Å². The van der Waals surface area contributed by atoms with Gasteiger partial charge in [0.05, 0.1) is 0 Å². The van der Waals surface area contributed by atoms with Gasteiger partial charge < -0.3 is 5.11 Å². The Balaban J connectivity index is 2.83. The Morgan fingerprint density at radius 3 is 2.67 bits per heavy atom. The number of benzene rings is 1. The van der Waals surface area contributed by atoms with Crippen LogP contribution in [0.25, 0.3) is 6.08 Å². The minimum atomic E-state index is -1.04. The molecule has 0 saturated heterocycles. The second-order valence-corrected chi connectivity index (χ2v) is 4.53. The number of carbonyl (C=O) groups is 1. The lowest BCUT2D eigenvalue weighted by Crippen LogP contribution is -2.26. The fourth-order valence-corrected chi connectivity index (χ4v) is 1.41. The van der Waals surface area contributed by atoms with Crippen molar-refractivity contribution in [2.75, 3.05) is 7.05 Å². The van der Waals surface area contributed by atoms with Crippen LogP contribution >= 0.6 is 0 Å². The fraction of sp³-hybridized carbons (Fsp3) is 0.357. The van der Waals surface area contributed by atoms with Crippen molar-refractivity contribution in [3.63, 3.8) is 0 Å². The van der Waals surface area contributed by atoms with Gasteiger partial charge in [-0.3, -0.25) is 4.90 Å². The molecule has 0 fully saturated rings. The average Bonchev–Trinajstić information content (AvgIpc) is 2.29. The van der Waals surface area contributed by atoms with Gasteiger partial charge in [-0.2, -0.15) is 0 Å². The monoisotopic (exact) mass is 251 g/mol. The molecular formula is C14H18FNO2. The Bertz CT molecular complexity index is 455. The predicted molar refractivity (Wildman–Crippen MR) is 69.7 cm³/mol. The minimum absolute atomic E-state index is 0.310. The molecule has 0 heterocycles. The van der Waals surface area contributed by atoms with Gasteiger partial charge in [0.2, 0.25) is 0 Å². The van der Waals surface area contributed by atoms with Gasteiger partial charge in [-0.15, -0.1) is 0 Å². The van der Waals surface area contributed by atoms with Gasteiger partial charge in [0.15, 0.2) is 0 Å². The van der Waals surface area contributed by atoms with Crippen molar-refractivity contribution in [3.05, 3.63) is 41.2 Å². The standard InChI is InChI=1S/C14H18FNO2/c1-10(2)16(3)9-12-6-4-11(8-13(12)15)5-7-14(17)18/h4-8,10H,9H2,1-3H3,(H,17,18). The molecule has 0 aliphatic carbocycles.